The minimum atomic E-state index is -0.669. The van der Waals surface area contributed by atoms with E-state index < -0.39 is 12.1 Å². The first-order valence-corrected chi connectivity index (χ1v) is 7.64. The topological polar surface area (TPSA) is 44.8 Å². The van der Waals surface area contributed by atoms with E-state index in [-0.39, 0.29) is 0 Å². The third-order valence-corrected chi connectivity index (χ3v) is 3.58. The Labute approximate surface area is 142 Å². The van der Waals surface area contributed by atoms with Gasteiger partial charge in [-0.2, -0.15) is 0 Å². The summed E-state index contributed by atoms with van der Waals surface area (Å²) in [6, 6.07) is 12.3. The lowest BCUT2D eigenvalue weighted by molar-refractivity contribution is -0.147. The van der Waals surface area contributed by atoms with Crippen LogP contribution >= 0.6 is 27.5 Å². The monoisotopic (exact) mass is 384 g/mol. The van der Waals surface area contributed by atoms with Gasteiger partial charge < -0.3 is 14.2 Å². The molecule has 0 radical (unpaired) electrons. The second-order valence-corrected chi connectivity index (χ2v) is 5.75. The summed E-state index contributed by atoms with van der Waals surface area (Å²) in [5.74, 6) is 1.29. The van der Waals surface area contributed by atoms with Crippen molar-refractivity contribution in [2.24, 2.45) is 0 Å². The fourth-order valence-electron chi connectivity index (χ4n) is 1.69. The molecule has 22 heavy (non-hydrogen) atoms. The van der Waals surface area contributed by atoms with Crippen LogP contribution in [0.5, 0.6) is 17.2 Å². The second kappa shape index (κ2) is 7.51. The van der Waals surface area contributed by atoms with Crippen LogP contribution in [0.2, 0.25) is 5.02 Å². The van der Waals surface area contributed by atoms with Gasteiger partial charge in [0.2, 0.25) is 0 Å². The highest BCUT2D eigenvalue weighted by Gasteiger charge is 2.14. The van der Waals surface area contributed by atoms with Gasteiger partial charge in [-0.05, 0) is 49.4 Å². The van der Waals surface area contributed by atoms with E-state index in [1.165, 1.54) is 7.11 Å². The number of hydrogen-bond acceptors (Lipinski definition) is 4. The maximum absolute atomic E-state index is 11.3. The van der Waals surface area contributed by atoms with Gasteiger partial charge in [0.25, 0.3) is 0 Å². The first-order chi connectivity index (χ1) is 10.5. The van der Waals surface area contributed by atoms with Gasteiger partial charge in [-0.3, -0.25) is 0 Å². The Morgan fingerprint density at radius 1 is 1.14 bits per heavy atom. The van der Waals surface area contributed by atoms with E-state index in [1.54, 1.807) is 43.3 Å². The Hall–Kier alpha value is -1.72. The zero-order chi connectivity index (χ0) is 16.1. The van der Waals surface area contributed by atoms with Crippen molar-refractivity contribution >= 4 is 33.5 Å². The highest BCUT2D eigenvalue weighted by molar-refractivity contribution is 9.10. The van der Waals surface area contributed by atoms with Crippen LogP contribution in [-0.4, -0.2) is 19.2 Å². The number of halogens is 2. The van der Waals surface area contributed by atoms with Crippen molar-refractivity contribution in [1.82, 2.24) is 0 Å². The summed E-state index contributed by atoms with van der Waals surface area (Å²) in [4.78, 5) is 11.3. The van der Waals surface area contributed by atoms with Crippen LogP contribution in [0, 0.1) is 0 Å². The summed E-state index contributed by atoms with van der Waals surface area (Å²) >= 11 is 9.44. The Kier molecular flexibility index (Phi) is 5.69. The zero-order valence-corrected chi connectivity index (χ0v) is 14.3. The molecular weight excluding hydrogens is 372 g/mol. The van der Waals surface area contributed by atoms with Crippen LogP contribution in [0.25, 0.3) is 0 Å². The third kappa shape index (κ3) is 4.39. The lowest BCUT2D eigenvalue weighted by atomic mass is 10.3. The van der Waals surface area contributed by atoms with Crippen LogP contribution in [0.3, 0.4) is 0 Å². The van der Waals surface area contributed by atoms with Crippen molar-refractivity contribution in [2.45, 2.75) is 13.0 Å². The van der Waals surface area contributed by atoms with Crippen LogP contribution in [0.4, 0.5) is 0 Å². The Morgan fingerprint density at radius 3 is 2.36 bits per heavy atom. The van der Waals surface area contributed by atoms with Crippen molar-refractivity contribution in [2.75, 3.05) is 7.11 Å². The number of methoxy groups -OCH3 is 1. The quantitative estimate of drug-likeness (QED) is 0.691. The van der Waals surface area contributed by atoms with Gasteiger partial charge in [-0.25, -0.2) is 4.79 Å². The van der Waals surface area contributed by atoms with E-state index in [4.69, 9.17) is 21.1 Å². The Balaban J connectivity index is 2.04. The predicted molar refractivity (Wildman–Crippen MR) is 87.8 cm³/mol. The number of ether oxygens (including phenoxy) is 3. The summed E-state index contributed by atoms with van der Waals surface area (Å²) in [7, 11) is 1.32. The average molecular weight is 386 g/mol. The molecule has 6 heteroatoms. The molecule has 0 fully saturated rings. The molecule has 0 spiro atoms. The van der Waals surface area contributed by atoms with E-state index >= 15 is 0 Å². The number of rotatable bonds is 5. The SMILES string of the molecule is COC(=O)C(C)Oc1ccc(Oc2ccc(Br)cc2Cl)cc1. The van der Waals surface area contributed by atoms with Gasteiger partial charge in [-0.15, -0.1) is 0 Å². The van der Waals surface area contributed by atoms with Crippen molar-refractivity contribution in [3.8, 4) is 17.2 Å². The summed E-state index contributed by atoms with van der Waals surface area (Å²) in [6.07, 6.45) is -0.669. The fourth-order valence-corrected chi connectivity index (χ4v) is 2.40. The van der Waals surface area contributed by atoms with Crippen molar-refractivity contribution in [3.05, 3.63) is 52.0 Å². The molecule has 2 aromatic carbocycles. The molecule has 2 aromatic rings. The normalized spacial score (nSPS) is 11.6. The van der Waals surface area contributed by atoms with Crippen molar-refractivity contribution in [1.29, 1.82) is 0 Å². The van der Waals surface area contributed by atoms with Gasteiger partial charge in [-0.1, -0.05) is 27.5 Å². The molecule has 0 bridgehead atoms. The molecule has 0 saturated carbocycles. The molecule has 2 rings (SSSR count). The molecule has 0 N–H and O–H groups in total. The zero-order valence-electron chi connectivity index (χ0n) is 12.0. The molecule has 0 aliphatic heterocycles. The number of esters is 1. The molecule has 0 aromatic heterocycles. The molecule has 116 valence electrons. The van der Waals surface area contributed by atoms with E-state index in [2.05, 4.69) is 20.7 Å². The molecule has 0 heterocycles. The Morgan fingerprint density at radius 2 is 1.77 bits per heavy atom. The number of carbonyl (C=O) groups excluding carboxylic acids is 1. The average Bonchev–Trinajstić information content (AvgIpc) is 2.51. The minimum Gasteiger partial charge on any atom is -0.479 e. The summed E-state index contributed by atoms with van der Waals surface area (Å²) in [5, 5.41) is 0.508. The lowest BCUT2D eigenvalue weighted by Gasteiger charge is -2.13. The number of carbonyl (C=O) groups is 1. The summed E-state index contributed by atoms with van der Waals surface area (Å²) < 4.78 is 16.6. The van der Waals surface area contributed by atoms with E-state index in [0.717, 1.165) is 4.47 Å². The van der Waals surface area contributed by atoms with Crippen LogP contribution in [-0.2, 0) is 9.53 Å². The van der Waals surface area contributed by atoms with Gasteiger partial charge in [0.1, 0.15) is 17.2 Å². The van der Waals surface area contributed by atoms with Gasteiger partial charge >= 0.3 is 5.97 Å². The molecule has 0 saturated heterocycles. The fraction of sp³-hybridized carbons (Fsp3) is 0.188. The first kappa shape index (κ1) is 16.6. The molecule has 0 amide bonds. The lowest BCUT2D eigenvalue weighted by Crippen LogP contribution is -2.24. The van der Waals surface area contributed by atoms with Crippen LogP contribution in [0.1, 0.15) is 6.92 Å². The maximum atomic E-state index is 11.3. The van der Waals surface area contributed by atoms with Crippen molar-refractivity contribution in [3.63, 3.8) is 0 Å². The van der Waals surface area contributed by atoms with Crippen LogP contribution in [0.15, 0.2) is 46.9 Å². The second-order valence-electron chi connectivity index (χ2n) is 4.43. The van der Waals surface area contributed by atoms with E-state index in [1.807, 2.05) is 6.07 Å². The Bertz CT molecular complexity index is 658. The third-order valence-electron chi connectivity index (χ3n) is 2.79. The largest absolute Gasteiger partial charge is 0.479 e. The molecule has 1 atom stereocenters. The summed E-state index contributed by atoms with van der Waals surface area (Å²) in [6.45, 7) is 1.62. The van der Waals surface area contributed by atoms with E-state index in [9.17, 15) is 4.79 Å². The van der Waals surface area contributed by atoms with Gasteiger partial charge in [0.05, 0.1) is 12.1 Å². The standard InChI is InChI=1S/C16H14BrClO4/c1-10(16(19)20-2)21-12-4-6-13(7-5-12)22-15-8-3-11(17)9-14(15)18/h3-10H,1-2H3. The van der Waals surface area contributed by atoms with Gasteiger partial charge in [0.15, 0.2) is 6.10 Å². The molecule has 4 nitrogen and oxygen atoms in total. The van der Waals surface area contributed by atoms with E-state index in [0.29, 0.717) is 22.3 Å². The maximum Gasteiger partial charge on any atom is 0.346 e. The first-order valence-electron chi connectivity index (χ1n) is 6.47. The van der Waals surface area contributed by atoms with Crippen molar-refractivity contribution < 1.29 is 19.0 Å². The van der Waals surface area contributed by atoms with Gasteiger partial charge in [0, 0.05) is 4.47 Å². The van der Waals surface area contributed by atoms with Crippen LogP contribution < -0.4 is 9.47 Å². The minimum absolute atomic E-state index is 0.429. The predicted octanol–water partition coefficient (Wildman–Crippen LogP) is 4.84. The molecule has 0 aliphatic carbocycles. The molecular formula is C16H14BrClO4. The number of benzene rings is 2. The number of hydrogen-bond donors (Lipinski definition) is 0. The molecule has 1 unspecified atom stereocenters. The highest BCUT2D eigenvalue weighted by atomic mass is 79.9. The summed E-state index contributed by atoms with van der Waals surface area (Å²) in [5.41, 5.74) is 0. The molecule has 0 aliphatic rings. The highest BCUT2D eigenvalue weighted by Crippen LogP contribution is 2.32. The smallest absolute Gasteiger partial charge is 0.346 e.